The molecule has 0 N–H and O–H groups in total. The first-order valence-electron chi connectivity index (χ1n) is 8.41. The fourth-order valence-corrected chi connectivity index (χ4v) is 5.25. The van der Waals surface area contributed by atoms with E-state index in [0.717, 1.165) is 0 Å². The Morgan fingerprint density at radius 2 is 1.68 bits per heavy atom. The van der Waals surface area contributed by atoms with Crippen LogP contribution in [0.2, 0.25) is 15.1 Å². The standard InChI is InChI=1S/C19H19Cl3N2O3S/c1-12-19(27-9-8-23(2)3)16-10-14(21)11-17(22)18(16)24(12)28(25,26)15-6-4-13(20)5-7-15/h4-7,10-11H,8-9H2,1-3H3. The smallest absolute Gasteiger partial charge is 0.268 e. The Morgan fingerprint density at radius 3 is 2.29 bits per heavy atom. The second-order valence-electron chi connectivity index (χ2n) is 6.57. The molecule has 0 fully saturated rings. The molecule has 1 aromatic heterocycles. The Bertz CT molecular complexity index is 1120. The molecule has 0 saturated heterocycles. The van der Waals surface area contributed by atoms with Crippen molar-refractivity contribution in [2.45, 2.75) is 11.8 Å². The van der Waals surface area contributed by atoms with Gasteiger partial charge in [-0.15, -0.1) is 0 Å². The highest BCUT2D eigenvalue weighted by molar-refractivity contribution is 7.90. The van der Waals surface area contributed by atoms with Crippen molar-refractivity contribution < 1.29 is 13.2 Å². The molecule has 9 heteroatoms. The zero-order valence-corrected chi connectivity index (χ0v) is 18.6. The fraction of sp³-hybridized carbons (Fsp3) is 0.263. The average molecular weight is 462 g/mol. The van der Waals surface area contributed by atoms with Gasteiger partial charge in [-0.25, -0.2) is 12.4 Å². The molecular formula is C19H19Cl3N2O3S. The Hall–Kier alpha value is -1.44. The second kappa shape index (κ2) is 8.13. The zero-order chi connectivity index (χ0) is 20.6. The molecule has 2 aromatic carbocycles. The van der Waals surface area contributed by atoms with E-state index in [1.54, 1.807) is 13.0 Å². The topological polar surface area (TPSA) is 51.5 Å². The molecule has 0 atom stereocenters. The van der Waals surface area contributed by atoms with Crippen molar-refractivity contribution in [3.63, 3.8) is 0 Å². The van der Waals surface area contributed by atoms with E-state index in [1.165, 1.54) is 34.3 Å². The lowest BCUT2D eigenvalue weighted by atomic mass is 10.2. The van der Waals surface area contributed by atoms with Crippen LogP contribution in [0.5, 0.6) is 5.75 Å². The molecular weight excluding hydrogens is 443 g/mol. The van der Waals surface area contributed by atoms with Gasteiger partial charge in [-0.05, 0) is 57.4 Å². The molecule has 3 aromatic rings. The summed E-state index contributed by atoms with van der Waals surface area (Å²) in [5, 5.41) is 1.62. The first-order valence-corrected chi connectivity index (χ1v) is 11.0. The lowest BCUT2D eigenvalue weighted by Crippen LogP contribution is -2.20. The summed E-state index contributed by atoms with van der Waals surface area (Å²) in [6, 6.07) is 9.15. The van der Waals surface area contributed by atoms with Crippen molar-refractivity contribution in [2.75, 3.05) is 27.2 Å². The molecule has 0 saturated carbocycles. The van der Waals surface area contributed by atoms with Gasteiger partial charge in [-0.3, -0.25) is 0 Å². The number of hydrogen-bond acceptors (Lipinski definition) is 4. The van der Waals surface area contributed by atoms with Gasteiger partial charge in [0.2, 0.25) is 0 Å². The maximum absolute atomic E-state index is 13.4. The minimum absolute atomic E-state index is 0.0998. The third-order valence-corrected chi connectivity index (χ3v) is 6.81. The van der Waals surface area contributed by atoms with Crippen molar-refractivity contribution in [2.24, 2.45) is 0 Å². The molecule has 0 spiro atoms. The number of hydrogen-bond donors (Lipinski definition) is 0. The van der Waals surface area contributed by atoms with E-state index >= 15 is 0 Å². The summed E-state index contributed by atoms with van der Waals surface area (Å²) >= 11 is 18.5. The van der Waals surface area contributed by atoms with Crippen LogP contribution in [0, 0.1) is 6.92 Å². The summed E-state index contributed by atoms with van der Waals surface area (Å²) in [5.74, 6) is 0.443. The number of likely N-dealkylation sites (N-methyl/N-ethyl adjacent to an activating group) is 1. The molecule has 0 bridgehead atoms. The van der Waals surface area contributed by atoms with Crippen LogP contribution in [-0.4, -0.2) is 44.5 Å². The lowest BCUT2D eigenvalue weighted by Gasteiger charge is -2.12. The molecule has 0 aliphatic heterocycles. The number of halogens is 3. The zero-order valence-electron chi connectivity index (χ0n) is 15.5. The normalized spacial score (nSPS) is 12.1. The van der Waals surface area contributed by atoms with Gasteiger partial charge >= 0.3 is 0 Å². The van der Waals surface area contributed by atoms with Crippen molar-refractivity contribution >= 4 is 55.7 Å². The number of ether oxygens (including phenoxy) is 1. The average Bonchev–Trinajstić information content (AvgIpc) is 2.88. The first kappa shape index (κ1) is 21.3. The van der Waals surface area contributed by atoms with E-state index in [-0.39, 0.29) is 9.92 Å². The lowest BCUT2D eigenvalue weighted by molar-refractivity contribution is 0.262. The molecule has 0 aliphatic carbocycles. The van der Waals surface area contributed by atoms with E-state index in [9.17, 15) is 8.42 Å². The van der Waals surface area contributed by atoms with Crippen LogP contribution < -0.4 is 4.74 Å². The Morgan fingerprint density at radius 1 is 1.04 bits per heavy atom. The molecule has 28 heavy (non-hydrogen) atoms. The summed E-state index contributed by atoms with van der Waals surface area (Å²) in [4.78, 5) is 2.07. The molecule has 5 nitrogen and oxygen atoms in total. The number of benzene rings is 2. The van der Waals surface area contributed by atoms with Crippen molar-refractivity contribution in [1.82, 2.24) is 8.87 Å². The summed E-state index contributed by atoms with van der Waals surface area (Å²) in [7, 11) is -0.0712. The van der Waals surface area contributed by atoms with Crippen LogP contribution in [0.3, 0.4) is 0 Å². The van der Waals surface area contributed by atoms with Gasteiger partial charge in [-0.1, -0.05) is 34.8 Å². The Balaban J connectivity index is 2.25. The largest absolute Gasteiger partial charge is 0.490 e. The molecule has 3 rings (SSSR count). The highest BCUT2D eigenvalue weighted by Gasteiger charge is 2.27. The molecule has 0 unspecified atom stereocenters. The van der Waals surface area contributed by atoms with E-state index in [4.69, 9.17) is 39.5 Å². The highest BCUT2D eigenvalue weighted by Crippen LogP contribution is 2.40. The van der Waals surface area contributed by atoms with E-state index < -0.39 is 10.0 Å². The predicted molar refractivity (Wildman–Crippen MR) is 115 cm³/mol. The van der Waals surface area contributed by atoms with Crippen LogP contribution in [-0.2, 0) is 10.0 Å². The molecule has 0 amide bonds. The summed E-state index contributed by atoms with van der Waals surface area (Å²) in [6.45, 7) is 2.74. The monoisotopic (exact) mass is 460 g/mol. The molecule has 150 valence electrons. The summed E-state index contributed by atoms with van der Waals surface area (Å²) < 4.78 is 33.9. The van der Waals surface area contributed by atoms with Crippen molar-refractivity contribution in [1.29, 1.82) is 0 Å². The summed E-state index contributed by atoms with van der Waals surface area (Å²) in [6.07, 6.45) is 0. The van der Waals surface area contributed by atoms with Crippen molar-refractivity contribution in [3.8, 4) is 5.75 Å². The third-order valence-electron chi connectivity index (χ3n) is 4.25. The minimum atomic E-state index is -3.93. The maximum Gasteiger partial charge on any atom is 0.268 e. The van der Waals surface area contributed by atoms with Gasteiger partial charge in [0.05, 0.1) is 21.1 Å². The summed E-state index contributed by atoms with van der Waals surface area (Å²) in [5.41, 5.74) is 0.756. The molecule has 1 heterocycles. The van der Waals surface area contributed by atoms with Gasteiger partial charge in [0.25, 0.3) is 10.0 Å². The van der Waals surface area contributed by atoms with Gasteiger partial charge in [0.15, 0.2) is 0 Å². The predicted octanol–water partition coefficient (Wildman–Crippen LogP) is 5.09. The number of aromatic nitrogens is 1. The second-order valence-corrected chi connectivity index (χ2v) is 9.64. The SMILES string of the molecule is Cc1c(OCCN(C)C)c2cc(Cl)cc(Cl)c2n1S(=O)(=O)c1ccc(Cl)cc1. The highest BCUT2D eigenvalue weighted by atomic mass is 35.5. The number of nitrogens with zero attached hydrogens (tertiary/aromatic N) is 2. The van der Waals surface area contributed by atoms with E-state index in [1.807, 2.05) is 19.0 Å². The van der Waals surface area contributed by atoms with Gasteiger partial charge in [0.1, 0.15) is 12.4 Å². The quantitative estimate of drug-likeness (QED) is 0.513. The van der Waals surface area contributed by atoms with Crippen LogP contribution in [0.4, 0.5) is 0 Å². The van der Waals surface area contributed by atoms with Crippen LogP contribution in [0.25, 0.3) is 10.9 Å². The van der Waals surface area contributed by atoms with Crippen LogP contribution in [0.1, 0.15) is 5.69 Å². The molecule has 0 radical (unpaired) electrons. The van der Waals surface area contributed by atoms with Gasteiger partial charge in [0, 0.05) is 22.0 Å². The van der Waals surface area contributed by atoms with Crippen LogP contribution in [0.15, 0.2) is 41.3 Å². The molecule has 0 aliphatic rings. The van der Waals surface area contributed by atoms with Crippen LogP contribution >= 0.6 is 34.8 Å². The van der Waals surface area contributed by atoms with Crippen molar-refractivity contribution in [3.05, 3.63) is 57.2 Å². The third kappa shape index (κ3) is 3.98. The number of fused-ring (bicyclic) bond motifs is 1. The Kier molecular flexibility index (Phi) is 6.17. The van der Waals surface area contributed by atoms with E-state index in [0.29, 0.717) is 45.5 Å². The number of rotatable bonds is 6. The van der Waals surface area contributed by atoms with E-state index in [2.05, 4.69) is 0 Å². The Labute approximate surface area is 179 Å². The van der Waals surface area contributed by atoms with Gasteiger partial charge < -0.3 is 9.64 Å². The first-order chi connectivity index (χ1) is 13.1. The van der Waals surface area contributed by atoms with Gasteiger partial charge in [-0.2, -0.15) is 0 Å². The minimum Gasteiger partial charge on any atom is -0.490 e. The maximum atomic E-state index is 13.4. The fourth-order valence-electron chi connectivity index (χ4n) is 2.93.